The van der Waals surface area contributed by atoms with Gasteiger partial charge in [-0.1, -0.05) is 24.3 Å². The van der Waals surface area contributed by atoms with Gasteiger partial charge in [-0.2, -0.15) is 5.10 Å². The molecule has 1 fully saturated rings. The summed E-state index contributed by atoms with van der Waals surface area (Å²) in [4.78, 5) is 0. The standard InChI is InChI=1S/C19H18N4/c20-19-10-16(21-22-19)13-7-8-18-15(9-13)14-3-1-2-4-17(14)23(18)11-12-5-6-12/h1-4,7-10,12H,5-6,11H2,(H3,20,21,22). The van der Waals surface area contributed by atoms with E-state index < -0.39 is 0 Å². The van der Waals surface area contributed by atoms with E-state index >= 15 is 0 Å². The zero-order valence-corrected chi connectivity index (χ0v) is 12.8. The van der Waals surface area contributed by atoms with Crippen molar-refractivity contribution >= 4 is 27.6 Å². The molecule has 0 saturated heterocycles. The largest absolute Gasteiger partial charge is 0.382 e. The fraction of sp³-hybridized carbons (Fsp3) is 0.211. The molecule has 0 aliphatic heterocycles. The molecule has 0 radical (unpaired) electrons. The van der Waals surface area contributed by atoms with Crippen LogP contribution in [0.4, 0.5) is 5.82 Å². The molecule has 0 unspecified atom stereocenters. The van der Waals surface area contributed by atoms with Gasteiger partial charge in [-0.3, -0.25) is 5.10 Å². The maximum atomic E-state index is 5.74. The number of nitrogens with two attached hydrogens (primary N) is 1. The summed E-state index contributed by atoms with van der Waals surface area (Å²) in [5.41, 5.74) is 10.5. The number of rotatable bonds is 3. The minimum atomic E-state index is 0.524. The highest BCUT2D eigenvalue weighted by Gasteiger charge is 2.23. The number of hydrogen-bond donors (Lipinski definition) is 2. The fourth-order valence-corrected chi connectivity index (χ4v) is 3.46. The summed E-state index contributed by atoms with van der Waals surface area (Å²) in [6, 6.07) is 17.2. The first-order valence-corrected chi connectivity index (χ1v) is 8.12. The van der Waals surface area contributed by atoms with Crippen molar-refractivity contribution in [2.75, 3.05) is 5.73 Å². The van der Waals surface area contributed by atoms with Gasteiger partial charge >= 0.3 is 0 Å². The van der Waals surface area contributed by atoms with Gasteiger partial charge < -0.3 is 10.3 Å². The zero-order valence-electron chi connectivity index (χ0n) is 12.8. The van der Waals surface area contributed by atoms with Crippen LogP contribution in [0.1, 0.15) is 12.8 Å². The molecule has 0 atom stereocenters. The van der Waals surface area contributed by atoms with Crippen LogP contribution < -0.4 is 5.73 Å². The number of hydrogen-bond acceptors (Lipinski definition) is 2. The van der Waals surface area contributed by atoms with Crippen molar-refractivity contribution in [2.45, 2.75) is 19.4 Å². The summed E-state index contributed by atoms with van der Waals surface area (Å²) in [5.74, 6) is 1.37. The van der Waals surface area contributed by atoms with E-state index in [-0.39, 0.29) is 0 Å². The number of fused-ring (bicyclic) bond motifs is 3. The van der Waals surface area contributed by atoms with Crippen molar-refractivity contribution in [2.24, 2.45) is 5.92 Å². The van der Waals surface area contributed by atoms with Crippen LogP contribution in [0.15, 0.2) is 48.5 Å². The average Bonchev–Trinajstić information content (AvgIpc) is 3.22. The van der Waals surface area contributed by atoms with Gasteiger partial charge in [0.15, 0.2) is 0 Å². The summed E-state index contributed by atoms with van der Waals surface area (Å²) in [7, 11) is 0. The number of nitrogens with one attached hydrogen (secondary N) is 1. The lowest BCUT2D eigenvalue weighted by molar-refractivity contribution is 0.664. The molecule has 0 bridgehead atoms. The third-order valence-corrected chi connectivity index (χ3v) is 4.82. The highest BCUT2D eigenvalue weighted by atomic mass is 15.2. The maximum Gasteiger partial charge on any atom is 0.145 e. The van der Waals surface area contributed by atoms with Crippen molar-refractivity contribution in [1.82, 2.24) is 14.8 Å². The van der Waals surface area contributed by atoms with Crippen molar-refractivity contribution < 1.29 is 0 Å². The predicted octanol–water partition coefficient (Wildman–Crippen LogP) is 4.18. The van der Waals surface area contributed by atoms with Crippen molar-refractivity contribution in [3.63, 3.8) is 0 Å². The Bertz CT molecular complexity index is 1020. The number of aromatic nitrogens is 3. The first-order chi connectivity index (χ1) is 11.3. The van der Waals surface area contributed by atoms with Gasteiger partial charge in [0.25, 0.3) is 0 Å². The minimum absolute atomic E-state index is 0.524. The molecule has 1 saturated carbocycles. The van der Waals surface area contributed by atoms with Crippen molar-refractivity contribution in [1.29, 1.82) is 0 Å². The van der Waals surface area contributed by atoms with E-state index in [1.165, 1.54) is 34.6 Å². The minimum Gasteiger partial charge on any atom is -0.382 e. The van der Waals surface area contributed by atoms with Crippen LogP contribution in [0.2, 0.25) is 0 Å². The molecule has 4 nitrogen and oxygen atoms in total. The fourth-order valence-electron chi connectivity index (χ4n) is 3.46. The average molecular weight is 302 g/mol. The van der Waals surface area contributed by atoms with Gasteiger partial charge in [0.2, 0.25) is 0 Å². The lowest BCUT2D eigenvalue weighted by atomic mass is 10.1. The molecule has 0 amide bonds. The normalized spacial score (nSPS) is 14.8. The Morgan fingerprint density at radius 1 is 1.04 bits per heavy atom. The number of para-hydroxylation sites is 1. The van der Waals surface area contributed by atoms with Crippen LogP contribution >= 0.6 is 0 Å². The highest BCUT2D eigenvalue weighted by Crippen LogP contribution is 2.37. The van der Waals surface area contributed by atoms with Crippen molar-refractivity contribution in [3.05, 3.63) is 48.5 Å². The van der Waals surface area contributed by atoms with E-state index in [1.807, 2.05) is 6.07 Å². The van der Waals surface area contributed by atoms with Crippen LogP contribution in [0.3, 0.4) is 0 Å². The Kier molecular flexibility index (Phi) is 2.56. The Labute approximate surface area is 133 Å². The maximum absolute atomic E-state index is 5.74. The summed E-state index contributed by atoms with van der Waals surface area (Å²) in [6.07, 6.45) is 2.72. The van der Waals surface area contributed by atoms with E-state index in [0.717, 1.165) is 23.7 Å². The van der Waals surface area contributed by atoms with E-state index in [2.05, 4.69) is 57.2 Å². The quantitative estimate of drug-likeness (QED) is 0.596. The van der Waals surface area contributed by atoms with E-state index in [1.54, 1.807) is 0 Å². The molecule has 5 rings (SSSR count). The number of nitrogen functional groups attached to an aromatic ring is 1. The van der Waals surface area contributed by atoms with E-state index in [4.69, 9.17) is 5.73 Å². The van der Waals surface area contributed by atoms with Crippen LogP contribution in [0.25, 0.3) is 33.1 Å². The second-order valence-electron chi connectivity index (χ2n) is 6.51. The molecule has 23 heavy (non-hydrogen) atoms. The third kappa shape index (κ3) is 2.02. The van der Waals surface area contributed by atoms with E-state index in [0.29, 0.717) is 5.82 Å². The summed E-state index contributed by atoms with van der Waals surface area (Å²) in [6.45, 7) is 1.13. The molecule has 4 heteroatoms. The van der Waals surface area contributed by atoms with Crippen LogP contribution in [-0.2, 0) is 6.54 Å². The smallest absolute Gasteiger partial charge is 0.145 e. The third-order valence-electron chi connectivity index (χ3n) is 4.82. The van der Waals surface area contributed by atoms with Gasteiger partial charge in [0.05, 0.1) is 5.69 Å². The molecule has 3 N–H and O–H groups in total. The van der Waals surface area contributed by atoms with Gasteiger partial charge in [-0.05, 0) is 37.0 Å². The molecule has 2 aromatic carbocycles. The Morgan fingerprint density at radius 3 is 2.65 bits per heavy atom. The summed E-state index contributed by atoms with van der Waals surface area (Å²) >= 11 is 0. The number of H-pyrrole nitrogens is 1. The molecular formula is C19H18N4. The first kappa shape index (κ1) is 12.8. The Hall–Kier alpha value is -2.75. The second kappa shape index (κ2) is 4.62. The van der Waals surface area contributed by atoms with Gasteiger partial charge in [0.1, 0.15) is 5.82 Å². The molecular weight excluding hydrogens is 284 g/mol. The molecule has 1 aliphatic carbocycles. The topological polar surface area (TPSA) is 59.6 Å². The number of benzene rings is 2. The lowest BCUT2D eigenvalue weighted by Gasteiger charge is -2.06. The lowest BCUT2D eigenvalue weighted by Crippen LogP contribution is -1.98. The summed E-state index contributed by atoms with van der Waals surface area (Å²) < 4.78 is 2.48. The van der Waals surface area contributed by atoms with Gasteiger partial charge in [-0.15, -0.1) is 0 Å². The molecule has 1 aliphatic rings. The highest BCUT2D eigenvalue weighted by molar-refractivity contribution is 6.09. The molecule has 2 aromatic heterocycles. The van der Waals surface area contributed by atoms with E-state index in [9.17, 15) is 0 Å². The zero-order chi connectivity index (χ0) is 15.4. The Balaban J connectivity index is 1.77. The van der Waals surface area contributed by atoms with Crippen LogP contribution in [-0.4, -0.2) is 14.8 Å². The van der Waals surface area contributed by atoms with Gasteiger partial charge in [-0.25, -0.2) is 0 Å². The van der Waals surface area contributed by atoms with Gasteiger partial charge in [0, 0.05) is 40.0 Å². The molecule has 2 heterocycles. The van der Waals surface area contributed by atoms with Crippen molar-refractivity contribution in [3.8, 4) is 11.3 Å². The van der Waals surface area contributed by atoms with Crippen LogP contribution in [0.5, 0.6) is 0 Å². The second-order valence-corrected chi connectivity index (χ2v) is 6.51. The molecule has 114 valence electrons. The number of aromatic amines is 1. The number of nitrogens with zero attached hydrogens (tertiary/aromatic N) is 2. The van der Waals surface area contributed by atoms with Crippen LogP contribution in [0, 0.1) is 5.92 Å². The molecule has 4 aromatic rings. The SMILES string of the molecule is Nc1cc(-c2ccc3c(c2)c2ccccc2n3CC2CC2)[nH]n1. The number of anilines is 1. The predicted molar refractivity (Wildman–Crippen MR) is 94.2 cm³/mol. The Morgan fingerprint density at radius 2 is 1.87 bits per heavy atom. The summed E-state index contributed by atoms with van der Waals surface area (Å²) in [5, 5.41) is 9.65. The molecule has 0 spiro atoms. The monoisotopic (exact) mass is 302 g/mol. The first-order valence-electron chi connectivity index (χ1n) is 8.12.